The highest BCUT2D eigenvalue weighted by Gasteiger charge is 2.20. The van der Waals surface area contributed by atoms with E-state index in [2.05, 4.69) is 56.9 Å². The molecule has 0 bridgehead atoms. The third-order valence-electron chi connectivity index (χ3n) is 4.73. The predicted octanol–water partition coefficient (Wildman–Crippen LogP) is 3.06. The van der Waals surface area contributed by atoms with Gasteiger partial charge in [-0.05, 0) is 37.1 Å². The van der Waals surface area contributed by atoms with Crippen LogP contribution in [-0.4, -0.2) is 33.0 Å². The number of benzene rings is 1. The highest BCUT2D eigenvalue weighted by molar-refractivity contribution is 5.82. The summed E-state index contributed by atoms with van der Waals surface area (Å²) in [6.07, 6.45) is 8.42. The van der Waals surface area contributed by atoms with Gasteiger partial charge in [-0.2, -0.15) is 0 Å². The van der Waals surface area contributed by atoms with Gasteiger partial charge >= 0.3 is 0 Å². The number of H-pyrrole nitrogens is 1. The largest absolute Gasteiger partial charge is 0.361 e. The summed E-state index contributed by atoms with van der Waals surface area (Å²) in [6.45, 7) is 3.24. The quantitative estimate of drug-likeness (QED) is 0.803. The Kier molecular flexibility index (Phi) is 3.47. The molecule has 0 saturated heterocycles. The molecule has 1 aliphatic heterocycles. The summed E-state index contributed by atoms with van der Waals surface area (Å²) in [5.41, 5.74) is 2.63. The molecule has 22 heavy (non-hydrogen) atoms. The van der Waals surface area contributed by atoms with Crippen molar-refractivity contribution in [1.82, 2.24) is 19.4 Å². The molecule has 2 aromatic heterocycles. The average molecular weight is 294 g/mol. The zero-order chi connectivity index (χ0) is 14.9. The first kappa shape index (κ1) is 13.6. The van der Waals surface area contributed by atoms with Crippen LogP contribution in [-0.2, 0) is 19.5 Å². The Morgan fingerprint density at radius 3 is 3.27 bits per heavy atom. The third kappa shape index (κ3) is 2.55. The maximum absolute atomic E-state index is 4.41. The van der Waals surface area contributed by atoms with Crippen molar-refractivity contribution in [2.75, 3.05) is 13.6 Å². The van der Waals surface area contributed by atoms with Gasteiger partial charge in [-0.1, -0.05) is 12.1 Å². The predicted molar refractivity (Wildman–Crippen MR) is 88.7 cm³/mol. The number of aromatic amines is 1. The van der Waals surface area contributed by atoms with Gasteiger partial charge in [0.1, 0.15) is 5.82 Å². The molecule has 4 rings (SSSR count). The summed E-state index contributed by atoms with van der Waals surface area (Å²) in [7, 11) is 2.23. The molecule has 0 radical (unpaired) electrons. The van der Waals surface area contributed by atoms with Crippen LogP contribution in [0.5, 0.6) is 0 Å². The molecular weight excluding hydrogens is 272 g/mol. The standard InChI is InChI=1S/C18H22N4/c1-21(11-14-5-6-18-20-9-10-22(18)12-14)13-15-3-2-4-17-16(15)7-8-19-17/h2-4,7-10,14,19H,5-6,11-13H2,1H3/t14-/m0/s1. The van der Waals surface area contributed by atoms with E-state index in [1.165, 1.54) is 28.7 Å². The molecule has 1 atom stereocenters. The van der Waals surface area contributed by atoms with Crippen LogP contribution in [0, 0.1) is 5.92 Å². The summed E-state index contributed by atoms with van der Waals surface area (Å²) < 4.78 is 2.31. The number of rotatable bonds is 4. The van der Waals surface area contributed by atoms with Crippen LogP contribution >= 0.6 is 0 Å². The Labute approximate surface area is 130 Å². The number of imidazole rings is 1. The van der Waals surface area contributed by atoms with E-state index in [0.29, 0.717) is 0 Å². The smallest absolute Gasteiger partial charge is 0.108 e. The van der Waals surface area contributed by atoms with Crippen LogP contribution in [0.1, 0.15) is 17.8 Å². The van der Waals surface area contributed by atoms with Crippen molar-refractivity contribution in [1.29, 1.82) is 0 Å². The van der Waals surface area contributed by atoms with Crippen LogP contribution in [0.3, 0.4) is 0 Å². The second-order valence-electron chi connectivity index (χ2n) is 6.45. The van der Waals surface area contributed by atoms with Crippen molar-refractivity contribution in [3.63, 3.8) is 0 Å². The van der Waals surface area contributed by atoms with Gasteiger partial charge in [0.2, 0.25) is 0 Å². The van der Waals surface area contributed by atoms with Crippen LogP contribution in [0.4, 0.5) is 0 Å². The second kappa shape index (κ2) is 5.61. The van der Waals surface area contributed by atoms with Crippen molar-refractivity contribution < 1.29 is 0 Å². The zero-order valence-electron chi connectivity index (χ0n) is 13.0. The number of aryl methyl sites for hydroxylation is 1. The number of hydrogen-bond donors (Lipinski definition) is 1. The molecule has 1 aliphatic rings. The lowest BCUT2D eigenvalue weighted by molar-refractivity contribution is 0.229. The summed E-state index contributed by atoms with van der Waals surface area (Å²) in [4.78, 5) is 10.2. The Hall–Kier alpha value is -2.07. The van der Waals surface area contributed by atoms with Gasteiger partial charge in [-0.15, -0.1) is 0 Å². The molecule has 0 unspecified atom stereocenters. The normalized spacial score (nSPS) is 18.0. The van der Waals surface area contributed by atoms with E-state index >= 15 is 0 Å². The van der Waals surface area contributed by atoms with Gasteiger partial charge in [-0.25, -0.2) is 4.98 Å². The summed E-state index contributed by atoms with van der Waals surface area (Å²) in [5.74, 6) is 1.97. The number of aromatic nitrogens is 3. The van der Waals surface area contributed by atoms with E-state index in [0.717, 1.165) is 32.0 Å². The molecule has 3 aromatic rings. The third-order valence-corrected chi connectivity index (χ3v) is 4.73. The molecule has 0 fully saturated rings. The van der Waals surface area contributed by atoms with Crippen LogP contribution in [0.25, 0.3) is 10.9 Å². The molecular formula is C18H22N4. The number of nitrogens with zero attached hydrogens (tertiary/aromatic N) is 3. The summed E-state index contributed by atoms with van der Waals surface area (Å²) >= 11 is 0. The fraction of sp³-hybridized carbons (Fsp3) is 0.389. The Balaban J connectivity index is 1.43. The maximum Gasteiger partial charge on any atom is 0.108 e. The van der Waals surface area contributed by atoms with Gasteiger partial charge in [-0.3, -0.25) is 0 Å². The molecule has 0 spiro atoms. The van der Waals surface area contributed by atoms with Crippen molar-refractivity contribution in [3.8, 4) is 0 Å². The van der Waals surface area contributed by atoms with Crippen molar-refractivity contribution in [2.24, 2.45) is 5.92 Å². The van der Waals surface area contributed by atoms with E-state index in [4.69, 9.17) is 0 Å². The Morgan fingerprint density at radius 1 is 1.36 bits per heavy atom. The first-order chi connectivity index (χ1) is 10.8. The minimum atomic E-state index is 0.720. The topological polar surface area (TPSA) is 36.9 Å². The Morgan fingerprint density at radius 2 is 2.32 bits per heavy atom. The molecule has 0 amide bonds. The second-order valence-corrected chi connectivity index (χ2v) is 6.45. The minimum absolute atomic E-state index is 0.720. The fourth-order valence-electron chi connectivity index (χ4n) is 3.67. The molecule has 4 heteroatoms. The van der Waals surface area contributed by atoms with Gasteiger partial charge in [0, 0.05) is 55.5 Å². The van der Waals surface area contributed by atoms with Crippen molar-refractivity contribution in [2.45, 2.75) is 25.9 Å². The van der Waals surface area contributed by atoms with Crippen molar-refractivity contribution in [3.05, 3.63) is 54.2 Å². The van der Waals surface area contributed by atoms with Gasteiger partial charge in [0.25, 0.3) is 0 Å². The van der Waals surface area contributed by atoms with Gasteiger partial charge < -0.3 is 14.5 Å². The molecule has 1 N–H and O–H groups in total. The van der Waals surface area contributed by atoms with Crippen LogP contribution < -0.4 is 0 Å². The number of fused-ring (bicyclic) bond motifs is 2. The van der Waals surface area contributed by atoms with E-state index in [1.54, 1.807) is 0 Å². The SMILES string of the molecule is CN(Cc1cccc2[nH]ccc12)C[C@@H]1CCc2nccn2C1. The lowest BCUT2D eigenvalue weighted by atomic mass is 9.98. The van der Waals surface area contributed by atoms with E-state index < -0.39 is 0 Å². The Bertz CT molecular complexity index is 770. The number of nitrogens with one attached hydrogen (secondary N) is 1. The molecule has 3 heterocycles. The van der Waals surface area contributed by atoms with E-state index in [-0.39, 0.29) is 0 Å². The molecule has 1 aromatic carbocycles. The van der Waals surface area contributed by atoms with Crippen LogP contribution in [0.2, 0.25) is 0 Å². The molecule has 0 saturated carbocycles. The highest BCUT2D eigenvalue weighted by Crippen LogP contribution is 2.22. The summed E-state index contributed by atoms with van der Waals surface area (Å²) in [6, 6.07) is 8.69. The van der Waals surface area contributed by atoms with Gasteiger partial charge in [0.05, 0.1) is 0 Å². The zero-order valence-corrected chi connectivity index (χ0v) is 13.0. The van der Waals surface area contributed by atoms with E-state index in [1.807, 2.05) is 12.4 Å². The summed E-state index contributed by atoms with van der Waals surface area (Å²) in [5, 5.41) is 1.34. The highest BCUT2D eigenvalue weighted by atomic mass is 15.1. The maximum atomic E-state index is 4.41. The molecule has 0 aliphatic carbocycles. The fourth-order valence-corrected chi connectivity index (χ4v) is 3.67. The first-order valence-corrected chi connectivity index (χ1v) is 8.03. The van der Waals surface area contributed by atoms with Crippen molar-refractivity contribution >= 4 is 10.9 Å². The first-order valence-electron chi connectivity index (χ1n) is 8.03. The molecule has 4 nitrogen and oxygen atoms in total. The average Bonchev–Trinajstić information content (AvgIpc) is 3.15. The monoisotopic (exact) mass is 294 g/mol. The lowest BCUT2D eigenvalue weighted by Gasteiger charge is -2.28. The minimum Gasteiger partial charge on any atom is -0.361 e. The lowest BCUT2D eigenvalue weighted by Crippen LogP contribution is -2.31. The molecule has 114 valence electrons. The van der Waals surface area contributed by atoms with Crippen LogP contribution in [0.15, 0.2) is 42.9 Å². The van der Waals surface area contributed by atoms with E-state index in [9.17, 15) is 0 Å². The van der Waals surface area contributed by atoms with Gasteiger partial charge in [0.15, 0.2) is 0 Å². The number of hydrogen-bond acceptors (Lipinski definition) is 2.